The molecule has 0 amide bonds. The van der Waals surface area contributed by atoms with E-state index in [1.807, 2.05) is 31.6 Å². The number of hydrogen-bond acceptors (Lipinski definition) is 1. The van der Waals surface area contributed by atoms with Crippen molar-refractivity contribution >= 4 is 5.57 Å². The van der Waals surface area contributed by atoms with Crippen LogP contribution in [-0.2, 0) is 6.54 Å². The van der Waals surface area contributed by atoms with Crippen LogP contribution in [0.1, 0.15) is 18.2 Å². The Balaban J connectivity index is 2.22. The highest BCUT2D eigenvalue weighted by Crippen LogP contribution is 2.04. The minimum atomic E-state index is 0.865. The van der Waals surface area contributed by atoms with Crippen LogP contribution in [0.4, 0.5) is 0 Å². The molecular weight excluding hydrogens is 196 g/mol. The van der Waals surface area contributed by atoms with Gasteiger partial charge in [0.25, 0.3) is 0 Å². The molecule has 1 heterocycles. The Morgan fingerprint density at radius 3 is 2.75 bits per heavy atom. The van der Waals surface area contributed by atoms with Gasteiger partial charge in [0.15, 0.2) is 18.9 Å². The minimum absolute atomic E-state index is 0.865. The lowest BCUT2D eigenvalue weighted by atomic mass is 10.2. The van der Waals surface area contributed by atoms with Crippen LogP contribution in [0.25, 0.3) is 5.57 Å². The molecule has 0 aliphatic rings. The van der Waals surface area contributed by atoms with Crippen molar-refractivity contribution in [3.8, 4) is 0 Å². The van der Waals surface area contributed by atoms with Gasteiger partial charge in [-0.1, -0.05) is 36.9 Å². The lowest BCUT2D eigenvalue weighted by molar-refractivity contribution is -0.689. The Kier molecular flexibility index (Phi) is 3.10. The fraction of sp³-hybridized carbons (Fsp3) is 0.143. The van der Waals surface area contributed by atoms with Gasteiger partial charge in [-0.05, 0) is 12.5 Å². The first kappa shape index (κ1) is 10.6. The van der Waals surface area contributed by atoms with E-state index in [9.17, 15) is 0 Å². The number of allylic oxidation sites excluding steroid dienone is 1. The third-order valence-corrected chi connectivity index (χ3v) is 2.41. The second-order valence-electron chi connectivity index (χ2n) is 3.88. The fourth-order valence-corrected chi connectivity index (χ4v) is 1.55. The van der Waals surface area contributed by atoms with Gasteiger partial charge in [-0.2, -0.15) is 4.57 Å². The van der Waals surface area contributed by atoms with E-state index in [0.29, 0.717) is 0 Å². The normalized spacial score (nSPS) is 10.1. The maximum Gasteiger partial charge on any atom is 0.195 e. The average molecular weight is 211 g/mol. The summed E-state index contributed by atoms with van der Waals surface area (Å²) >= 11 is 0. The van der Waals surface area contributed by atoms with Crippen molar-refractivity contribution in [2.45, 2.75) is 13.5 Å². The molecule has 16 heavy (non-hydrogen) atoms. The van der Waals surface area contributed by atoms with Crippen LogP contribution in [0.5, 0.6) is 0 Å². The molecule has 0 aliphatic heterocycles. The third kappa shape index (κ3) is 2.54. The summed E-state index contributed by atoms with van der Waals surface area (Å²) < 4.78 is 2.12. The summed E-state index contributed by atoms with van der Waals surface area (Å²) in [5, 5.41) is 0. The number of hydrogen-bond donors (Lipinski definition) is 0. The lowest BCUT2D eigenvalue weighted by Crippen LogP contribution is -2.34. The topological polar surface area (TPSA) is 16.8 Å². The SMILES string of the molecule is C=C(C)c1c[n+](Cc2ccccc2)ccn1. The van der Waals surface area contributed by atoms with Gasteiger partial charge >= 0.3 is 0 Å². The van der Waals surface area contributed by atoms with Crippen LogP contribution in [0.3, 0.4) is 0 Å². The molecular formula is C14H15N2+. The van der Waals surface area contributed by atoms with Crippen LogP contribution < -0.4 is 4.57 Å². The Labute approximate surface area is 95.9 Å². The Morgan fingerprint density at radius 2 is 2.06 bits per heavy atom. The van der Waals surface area contributed by atoms with E-state index < -0.39 is 0 Å². The minimum Gasteiger partial charge on any atom is -0.244 e. The van der Waals surface area contributed by atoms with Crippen molar-refractivity contribution in [3.63, 3.8) is 0 Å². The first-order valence-corrected chi connectivity index (χ1v) is 5.30. The van der Waals surface area contributed by atoms with Crippen LogP contribution in [0.2, 0.25) is 0 Å². The summed E-state index contributed by atoms with van der Waals surface area (Å²) in [7, 11) is 0. The molecule has 2 nitrogen and oxygen atoms in total. The average Bonchev–Trinajstić information content (AvgIpc) is 2.30. The Bertz CT molecular complexity index is 489. The first-order chi connectivity index (χ1) is 7.75. The van der Waals surface area contributed by atoms with E-state index in [2.05, 4.69) is 40.4 Å². The number of rotatable bonds is 3. The van der Waals surface area contributed by atoms with Crippen LogP contribution >= 0.6 is 0 Å². The quantitative estimate of drug-likeness (QED) is 0.713. The summed E-state index contributed by atoms with van der Waals surface area (Å²) in [6.45, 7) is 6.73. The van der Waals surface area contributed by atoms with Crippen LogP contribution in [-0.4, -0.2) is 4.98 Å². The maximum absolute atomic E-state index is 4.26. The standard InChI is InChI=1S/C14H15N2/c1-12(2)14-11-16(9-8-15-14)10-13-6-4-3-5-7-13/h3-9,11H,1,10H2,2H3/q+1. The van der Waals surface area contributed by atoms with Gasteiger partial charge in [0.2, 0.25) is 0 Å². The highest BCUT2D eigenvalue weighted by molar-refractivity contribution is 5.55. The highest BCUT2D eigenvalue weighted by Gasteiger charge is 2.05. The number of nitrogens with zero attached hydrogens (tertiary/aromatic N) is 2. The molecule has 1 aromatic heterocycles. The van der Waals surface area contributed by atoms with E-state index >= 15 is 0 Å². The second kappa shape index (κ2) is 4.71. The predicted molar refractivity (Wildman–Crippen MR) is 64.7 cm³/mol. The van der Waals surface area contributed by atoms with E-state index in [4.69, 9.17) is 0 Å². The van der Waals surface area contributed by atoms with E-state index in [1.54, 1.807) is 0 Å². The van der Waals surface area contributed by atoms with Crippen LogP contribution in [0, 0.1) is 0 Å². The van der Waals surface area contributed by atoms with Crippen molar-refractivity contribution in [2.24, 2.45) is 0 Å². The Morgan fingerprint density at radius 1 is 1.31 bits per heavy atom. The summed E-state index contributed by atoms with van der Waals surface area (Å²) in [5.74, 6) is 0. The Hall–Kier alpha value is -1.96. The highest BCUT2D eigenvalue weighted by atomic mass is 15.0. The molecule has 1 aromatic carbocycles. The summed E-state index contributed by atoms with van der Waals surface area (Å²) in [4.78, 5) is 4.26. The van der Waals surface area contributed by atoms with Crippen molar-refractivity contribution in [1.82, 2.24) is 4.98 Å². The maximum atomic E-state index is 4.26. The van der Waals surface area contributed by atoms with Gasteiger partial charge in [0.05, 0.1) is 6.20 Å². The molecule has 0 unspecified atom stereocenters. The van der Waals surface area contributed by atoms with Crippen molar-refractivity contribution in [3.05, 3.63) is 66.8 Å². The number of benzene rings is 1. The van der Waals surface area contributed by atoms with Gasteiger partial charge in [0.1, 0.15) is 5.69 Å². The zero-order chi connectivity index (χ0) is 11.4. The molecule has 0 bridgehead atoms. The molecule has 2 rings (SSSR count). The predicted octanol–water partition coefficient (Wildman–Crippen LogP) is 2.45. The molecule has 0 saturated heterocycles. The molecule has 0 N–H and O–H groups in total. The second-order valence-corrected chi connectivity index (χ2v) is 3.88. The van der Waals surface area contributed by atoms with Gasteiger partial charge in [0, 0.05) is 5.56 Å². The third-order valence-electron chi connectivity index (χ3n) is 2.41. The smallest absolute Gasteiger partial charge is 0.195 e. The van der Waals surface area contributed by atoms with Gasteiger partial charge < -0.3 is 0 Å². The largest absolute Gasteiger partial charge is 0.244 e. The van der Waals surface area contributed by atoms with Crippen LogP contribution in [0.15, 0.2) is 55.5 Å². The first-order valence-electron chi connectivity index (χ1n) is 5.30. The molecule has 2 heteroatoms. The van der Waals surface area contributed by atoms with E-state index in [-0.39, 0.29) is 0 Å². The van der Waals surface area contributed by atoms with Gasteiger partial charge in [-0.3, -0.25) is 0 Å². The summed E-state index contributed by atoms with van der Waals surface area (Å²) in [6.07, 6.45) is 5.81. The molecule has 0 atom stereocenters. The molecule has 0 fully saturated rings. The summed E-state index contributed by atoms with van der Waals surface area (Å²) in [6, 6.07) is 10.4. The van der Waals surface area contributed by atoms with Gasteiger partial charge in [-0.15, -0.1) is 0 Å². The molecule has 80 valence electrons. The zero-order valence-electron chi connectivity index (χ0n) is 9.43. The molecule has 0 radical (unpaired) electrons. The molecule has 0 spiro atoms. The molecule has 0 saturated carbocycles. The summed E-state index contributed by atoms with van der Waals surface area (Å²) in [5.41, 5.74) is 3.22. The zero-order valence-corrected chi connectivity index (χ0v) is 9.43. The van der Waals surface area contributed by atoms with E-state index in [0.717, 1.165) is 17.8 Å². The lowest BCUT2D eigenvalue weighted by Gasteiger charge is -1.99. The fourth-order valence-electron chi connectivity index (χ4n) is 1.55. The van der Waals surface area contributed by atoms with Crippen molar-refractivity contribution in [1.29, 1.82) is 0 Å². The molecule has 0 aliphatic carbocycles. The molecule has 2 aromatic rings. The number of aromatic nitrogens is 2. The van der Waals surface area contributed by atoms with Crippen molar-refractivity contribution < 1.29 is 4.57 Å². The van der Waals surface area contributed by atoms with Crippen molar-refractivity contribution in [2.75, 3.05) is 0 Å². The van der Waals surface area contributed by atoms with Gasteiger partial charge in [-0.25, -0.2) is 4.98 Å². The monoisotopic (exact) mass is 211 g/mol. The van der Waals surface area contributed by atoms with E-state index in [1.165, 1.54) is 5.56 Å².